The van der Waals surface area contributed by atoms with Crippen LogP contribution in [0.25, 0.3) is 0 Å². The highest BCUT2D eigenvalue weighted by atomic mass is 32.2. The Labute approximate surface area is 196 Å². The molecule has 0 unspecified atom stereocenters. The second-order valence-electron chi connectivity index (χ2n) is 7.91. The molecule has 1 aliphatic rings. The van der Waals surface area contributed by atoms with Gasteiger partial charge in [-0.15, -0.1) is 21.5 Å². The van der Waals surface area contributed by atoms with E-state index in [2.05, 4.69) is 38.3 Å². The fourth-order valence-corrected chi connectivity index (χ4v) is 5.72. The number of carbonyl (C=O) groups excluding carboxylic acids is 1. The zero-order valence-electron chi connectivity index (χ0n) is 18.0. The number of thioether (sulfide) groups is 1. The van der Waals surface area contributed by atoms with Gasteiger partial charge < -0.3 is 13.9 Å². The number of nitriles is 1. The molecule has 1 saturated carbocycles. The van der Waals surface area contributed by atoms with E-state index >= 15 is 0 Å². The van der Waals surface area contributed by atoms with Gasteiger partial charge in [-0.1, -0.05) is 37.1 Å². The van der Waals surface area contributed by atoms with Crippen molar-refractivity contribution in [2.75, 3.05) is 12.3 Å². The molecule has 3 aromatic heterocycles. The first kappa shape index (κ1) is 22.6. The van der Waals surface area contributed by atoms with Gasteiger partial charge in [0.25, 0.3) is 0 Å². The molecule has 4 rings (SSSR count). The standard InChI is InChI=1S/C23H27N5O2S2/c24-11-6-12-27(16-19-9-4-13-30-19)22(29)17-32-23-26-25-21(15-20-10-5-14-31-20)28(23)18-7-2-1-3-8-18/h4-5,9-10,13-14,18H,1-3,6-8,12,15-17H2. The van der Waals surface area contributed by atoms with E-state index in [-0.39, 0.29) is 11.7 Å². The third-order valence-corrected chi connectivity index (χ3v) is 7.49. The molecule has 0 saturated heterocycles. The van der Waals surface area contributed by atoms with Gasteiger partial charge in [-0.2, -0.15) is 5.26 Å². The Bertz CT molecular complexity index is 1020. The van der Waals surface area contributed by atoms with Crippen molar-refractivity contribution >= 4 is 29.0 Å². The number of rotatable bonds is 10. The van der Waals surface area contributed by atoms with Crippen molar-refractivity contribution in [3.8, 4) is 6.07 Å². The van der Waals surface area contributed by atoms with Crippen LogP contribution in [0.15, 0.2) is 45.5 Å². The van der Waals surface area contributed by atoms with Crippen molar-refractivity contribution in [3.63, 3.8) is 0 Å². The normalized spacial score (nSPS) is 14.3. The van der Waals surface area contributed by atoms with Crippen molar-refractivity contribution < 1.29 is 9.21 Å². The smallest absolute Gasteiger partial charge is 0.233 e. The third kappa shape index (κ3) is 5.81. The molecule has 0 radical (unpaired) electrons. The van der Waals surface area contributed by atoms with E-state index in [1.54, 1.807) is 28.6 Å². The molecule has 0 atom stereocenters. The third-order valence-electron chi connectivity index (χ3n) is 5.69. The summed E-state index contributed by atoms with van der Waals surface area (Å²) in [6.45, 7) is 0.753. The second kappa shape index (κ2) is 11.3. The highest BCUT2D eigenvalue weighted by molar-refractivity contribution is 7.99. The van der Waals surface area contributed by atoms with Crippen molar-refractivity contribution in [1.82, 2.24) is 19.7 Å². The summed E-state index contributed by atoms with van der Waals surface area (Å²) in [6, 6.07) is 10.4. The minimum absolute atomic E-state index is 0.0281. The first-order chi connectivity index (χ1) is 15.7. The molecule has 0 aliphatic heterocycles. The fourth-order valence-electron chi connectivity index (χ4n) is 4.09. The highest BCUT2D eigenvalue weighted by Gasteiger charge is 2.24. The van der Waals surface area contributed by atoms with Crippen LogP contribution in [0.3, 0.4) is 0 Å². The van der Waals surface area contributed by atoms with Crippen LogP contribution in [0.4, 0.5) is 0 Å². The van der Waals surface area contributed by atoms with E-state index in [1.165, 1.54) is 35.9 Å². The van der Waals surface area contributed by atoms with Crippen LogP contribution in [0.2, 0.25) is 0 Å². The van der Waals surface area contributed by atoms with Gasteiger partial charge >= 0.3 is 0 Å². The molecular formula is C23H27N5O2S2. The lowest BCUT2D eigenvalue weighted by atomic mass is 9.95. The summed E-state index contributed by atoms with van der Waals surface area (Å²) >= 11 is 3.17. The predicted molar refractivity (Wildman–Crippen MR) is 124 cm³/mol. The van der Waals surface area contributed by atoms with Gasteiger partial charge in [0.1, 0.15) is 11.6 Å². The first-order valence-electron chi connectivity index (χ1n) is 11.0. The maximum absolute atomic E-state index is 13.0. The van der Waals surface area contributed by atoms with Crippen molar-refractivity contribution in [3.05, 3.63) is 52.4 Å². The molecule has 7 nitrogen and oxygen atoms in total. The van der Waals surface area contributed by atoms with Gasteiger partial charge in [-0.3, -0.25) is 4.79 Å². The summed E-state index contributed by atoms with van der Waals surface area (Å²) < 4.78 is 7.68. The summed E-state index contributed by atoms with van der Waals surface area (Å²) in [5, 5.41) is 20.9. The molecule has 9 heteroatoms. The van der Waals surface area contributed by atoms with E-state index in [0.29, 0.717) is 31.3 Å². The van der Waals surface area contributed by atoms with Gasteiger partial charge in [-0.25, -0.2) is 0 Å². The molecule has 3 heterocycles. The summed E-state index contributed by atoms with van der Waals surface area (Å²) in [6.07, 6.45) is 8.63. The van der Waals surface area contributed by atoms with Crippen LogP contribution in [0, 0.1) is 11.3 Å². The monoisotopic (exact) mass is 469 g/mol. The topological polar surface area (TPSA) is 87.9 Å². The molecule has 0 N–H and O–H groups in total. The van der Waals surface area contributed by atoms with Crippen molar-refractivity contribution in [2.24, 2.45) is 0 Å². The Morgan fingerprint density at radius 3 is 2.88 bits per heavy atom. The number of carbonyl (C=O) groups is 1. The molecule has 1 amide bonds. The van der Waals surface area contributed by atoms with Crippen molar-refractivity contribution in [2.45, 2.75) is 62.7 Å². The summed E-state index contributed by atoms with van der Waals surface area (Å²) in [5.41, 5.74) is 0. The Hall–Kier alpha value is -2.57. The Morgan fingerprint density at radius 1 is 1.28 bits per heavy atom. The quantitative estimate of drug-likeness (QED) is 0.386. The Morgan fingerprint density at radius 2 is 2.16 bits per heavy atom. The summed E-state index contributed by atoms with van der Waals surface area (Å²) in [4.78, 5) is 15.9. The van der Waals surface area contributed by atoms with Crippen LogP contribution >= 0.6 is 23.1 Å². The van der Waals surface area contributed by atoms with Crippen LogP contribution in [0.5, 0.6) is 0 Å². The highest BCUT2D eigenvalue weighted by Crippen LogP contribution is 2.33. The van der Waals surface area contributed by atoms with Gasteiger partial charge in [-0.05, 0) is 36.4 Å². The Kier molecular flexibility index (Phi) is 8.02. The maximum atomic E-state index is 13.0. The largest absolute Gasteiger partial charge is 0.467 e. The SMILES string of the molecule is N#CCCN(Cc1ccco1)C(=O)CSc1nnc(Cc2cccs2)n1C1CCCCC1. The molecule has 168 valence electrons. The second-order valence-corrected chi connectivity index (χ2v) is 9.88. The average Bonchev–Trinajstić information content (AvgIpc) is 3.59. The average molecular weight is 470 g/mol. The number of hydrogen-bond donors (Lipinski definition) is 0. The van der Waals surface area contributed by atoms with Gasteiger partial charge in [0.2, 0.25) is 5.91 Å². The molecule has 0 aromatic carbocycles. The molecule has 3 aromatic rings. The molecule has 32 heavy (non-hydrogen) atoms. The van der Waals surface area contributed by atoms with E-state index in [0.717, 1.165) is 30.2 Å². The molecule has 1 fully saturated rings. The molecular weight excluding hydrogens is 442 g/mol. The van der Waals surface area contributed by atoms with E-state index in [4.69, 9.17) is 9.68 Å². The van der Waals surface area contributed by atoms with Gasteiger partial charge in [0.05, 0.1) is 31.1 Å². The van der Waals surface area contributed by atoms with Crippen LogP contribution < -0.4 is 0 Å². The Balaban J connectivity index is 1.47. The lowest BCUT2D eigenvalue weighted by Crippen LogP contribution is -2.32. The number of thiophene rings is 1. The lowest BCUT2D eigenvalue weighted by Gasteiger charge is -2.26. The van der Waals surface area contributed by atoms with Gasteiger partial charge in [0, 0.05) is 23.9 Å². The predicted octanol–water partition coefficient (Wildman–Crippen LogP) is 5.06. The zero-order valence-corrected chi connectivity index (χ0v) is 19.6. The van der Waals surface area contributed by atoms with E-state index < -0.39 is 0 Å². The van der Waals surface area contributed by atoms with Crippen LogP contribution in [-0.4, -0.2) is 37.9 Å². The number of amides is 1. The van der Waals surface area contributed by atoms with E-state index in [1.807, 2.05) is 6.07 Å². The first-order valence-corrected chi connectivity index (χ1v) is 12.9. The molecule has 0 bridgehead atoms. The summed E-state index contributed by atoms with van der Waals surface area (Å²) in [5.74, 6) is 1.92. The minimum Gasteiger partial charge on any atom is -0.467 e. The van der Waals surface area contributed by atoms with Gasteiger partial charge in [0.15, 0.2) is 5.16 Å². The maximum Gasteiger partial charge on any atom is 0.233 e. The zero-order chi connectivity index (χ0) is 22.2. The molecule has 0 spiro atoms. The van der Waals surface area contributed by atoms with Crippen molar-refractivity contribution in [1.29, 1.82) is 5.26 Å². The van der Waals surface area contributed by atoms with Crippen LogP contribution in [-0.2, 0) is 17.8 Å². The van der Waals surface area contributed by atoms with E-state index in [9.17, 15) is 4.79 Å². The number of aromatic nitrogens is 3. The number of nitrogens with zero attached hydrogens (tertiary/aromatic N) is 5. The lowest BCUT2D eigenvalue weighted by molar-refractivity contribution is -0.129. The number of furan rings is 1. The minimum atomic E-state index is -0.0281. The number of hydrogen-bond acceptors (Lipinski definition) is 7. The fraction of sp³-hybridized carbons (Fsp3) is 0.478. The molecule has 1 aliphatic carbocycles. The summed E-state index contributed by atoms with van der Waals surface area (Å²) in [7, 11) is 0. The van der Waals surface area contributed by atoms with Crippen LogP contribution in [0.1, 0.15) is 61.0 Å².